The first-order valence-electron chi connectivity index (χ1n) is 5.65. The zero-order chi connectivity index (χ0) is 13.8. The van der Waals surface area contributed by atoms with E-state index in [1.165, 1.54) is 4.90 Å². The minimum atomic E-state index is -0.147. The maximum Gasteiger partial charge on any atom is 0.258 e. The summed E-state index contributed by atoms with van der Waals surface area (Å²) < 4.78 is 0. The minimum Gasteiger partial charge on any atom is -0.311 e. The molecule has 0 heterocycles. The second-order valence-corrected chi connectivity index (χ2v) is 4.47. The number of nitriles is 1. The summed E-state index contributed by atoms with van der Waals surface area (Å²) in [5.41, 5.74) is 1.75. The van der Waals surface area contributed by atoms with E-state index in [9.17, 15) is 4.79 Å². The molecule has 2 aromatic rings. The van der Waals surface area contributed by atoms with Crippen LogP contribution in [0.1, 0.15) is 15.9 Å². The van der Waals surface area contributed by atoms with Gasteiger partial charge in [0, 0.05) is 23.3 Å². The zero-order valence-electron chi connectivity index (χ0n) is 10.3. The highest BCUT2D eigenvalue weighted by molar-refractivity contribution is 6.30. The van der Waals surface area contributed by atoms with Crippen LogP contribution < -0.4 is 4.90 Å². The largest absolute Gasteiger partial charge is 0.311 e. The lowest BCUT2D eigenvalue weighted by Crippen LogP contribution is -2.26. The topological polar surface area (TPSA) is 44.1 Å². The fourth-order valence-electron chi connectivity index (χ4n) is 1.69. The molecule has 0 aliphatic rings. The second kappa shape index (κ2) is 5.55. The van der Waals surface area contributed by atoms with Crippen LogP contribution in [0.2, 0.25) is 5.02 Å². The number of carbonyl (C=O) groups excluding carboxylic acids is 1. The van der Waals surface area contributed by atoms with Crippen molar-refractivity contribution in [2.45, 2.75) is 0 Å². The Kier molecular flexibility index (Phi) is 3.84. The Morgan fingerprint density at radius 3 is 2.53 bits per heavy atom. The Bertz CT molecular complexity index is 644. The van der Waals surface area contributed by atoms with Gasteiger partial charge in [-0.25, -0.2) is 0 Å². The van der Waals surface area contributed by atoms with E-state index in [4.69, 9.17) is 16.9 Å². The fourth-order valence-corrected chi connectivity index (χ4v) is 1.81. The third kappa shape index (κ3) is 2.93. The van der Waals surface area contributed by atoms with Gasteiger partial charge in [-0.3, -0.25) is 4.79 Å². The number of amides is 1. The lowest BCUT2D eigenvalue weighted by Gasteiger charge is -2.17. The maximum absolute atomic E-state index is 12.3. The molecule has 4 heteroatoms. The molecule has 3 nitrogen and oxygen atoms in total. The third-order valence-electron chi connectivity index (χ3n) is 2.76. The molecule has 19 heavy (non-hydrogen) atoms. The molecule has 0 N–H and O–H groups in total. The molecular weight excluding hydrogens is 260 g/mol. The van der Waals surface area contributed by atoms with Crippen LogP contribution in [0.4, 0.5) is 5.69 Å². The number of halogens is 1. The van der Waals surface area contributed by atoms with E-state index in [2.05, 4.69) is 6.07 Å². The third-order valence-corrected chi connectivity index (χ3v) is 3.01. The van der Waals surface area contributed by atoms with Gasteiger partial charge in [0.15, 0.2) is 0 Å². The van der Waals surface area contributed by atoms with Crippen molar-refractivity contribution in [1.29, 1.82) is 5.26 Å². The van der Waals surface area contributed by atoms with Crippen molar-refractivity contribution in [3.63, 3.8) is 0 Å². The maximum atomic E-state index is 12.3. The molecule has 2 aromatic carbocycles. The first-order valence-corrected chi connectivity index (χ1v) is 6.03. The van der Waals surface area contributed by atoms with Crippen molar-refractivity contribution >= 4 is 23.2 Å². The van der Waals surface area contributed by atoms with Gasteiger partial charge in [-0.2, -0.15) is 5.26 Å². The molecule has 0 atom stereocenters. The minimum absolute atomic E-state index is 0.147. The highest BCUT2D eigenvalue weighted by Crippen LogP contribution is 2.18. The first-order chi connectivity index (χ1) is 9.11. The summed E-state index contributed by atoms with van der Waals surface area (Å²) >= 11 is 5.79. The van der Waals surface area contributed by atoms with Gasteiger partial charge in [-0.05, 0) is 42.5 Å². The van der Waals surface area contributed by atoms with Crippen LogP contribution in [0.3, 0.4) is 0 Å². The van der Waals surface area contributed by atoms with Gasteiger partial charge >= 0.3 is 0 Å². The van der Waals surface area contributed by atoms with E-state index in [1.54, 1.807) is 55.6 Å². The van der Waals surface area contributed by atoms with Gasteiger partial charge in [0.2, 0.25) is 0 Å². The molecule has 0 aliphatic heterocycles. The number of rotatable bonds is 2. The molecule has 94 valence electrons. The summed E-state index contributed by atoms with van der Waals surface area (Å²) in [6.07, 6.45) is 0. The molecule has 0 aromatic heterocycles. The second-order valence-electron chi connectivity index (χ2n) is 4.03. The van der Waals surface area contributed by atoms with E-state index >= 15 is 0 Å². The molecule has 0 radical (unpaired) electrons. The SMILES string of the molecule is CN(C(=O)c1ccc(Cl)cc1)c1cccc(C#N)c1. The lowest BCUT2D eigenvalue weighted by molar-refractivity contribution is 0.0993. The molecule has 0 aliphatic carbocycles. The van der Waals surface area contributed by atoms with Gasteiger partial charge in [0.25, 0.3) is 5.91 Å². The number of carbonyl (C=O) groups is 1. The number of benzene rings is 2. The molecule has 1 amide bonds. The molecular formula is C15H11ClN2O. The van der Waals surface area contributed by atoms with Crippen LogP contribution in [0.15, 0.2) is 48.5 Å². The van der Waals surface area contributed by atoms with Gasteiger partial charge in [-0.15, -0.1) is 0 Å². The van der Waals surface area contributed by atoms with E-state index < -0.39 is 0 Å². The number of hydrogen-bond acceptors (Lipinski definition) is 2. The zero-order valence-corrected chi connectivity index (χ0v) is 11.1. The van der Waals surface area contributed by atoms with Crippen LogP contribution in [0.5, 0.6) is 0 Å². The molecule has 0 fully saturated rings. The van der Waals surface area contributed by atoms with Crippen LogP contribution in [-0.4, -0.2) is 13.0 Å². The van der Waals surface area contributed by atoms with Crippen molar-refractivity contribution in [3.8, 4) is 6.07 Å². The Balaban J connectivity index is 2.28. The number of nitrogens with zero attached hydrogens (tertiary/aromatic N) is 2. The predicted molar refractivity (Wildman–Crippen MR) is 75.3 cm³/mol. The highest BCUT2D eigenvalue weighted by atomic mass is 35.5. The first kappa shape index (κ1) is 13.1. The van der Waals surface area contributed by atoms with Crippen LogP contribution >= 0.6 is 11.6 Å². The highest BCUT2D eigenvalue weighted by Gasteiger charge is 2.13. The summed E-state index contributed by atoms with van der Waals surface area (Å²) in [5, 5.41) is 9.45. The van der Waals surface area contributed by atoms with E-state index in [0.29, 0.717) is 21.8 Å². The molecule has 2 rings (SSSR count). The summed E-state index contributed by atoms with van der Waals surface area (Å²) in [4.78, 5) is 13.8. The number of hydrogen-bond donors (Lipinski definition) is 0. The Morgan fingerprint density at radius 2 is 1.89 bits per heavy atom. The average Bonchev–Trinajstić information content (AvgIpc) is 2.46. The van der Waals surface area contributed by atoms with Gasteiger partial charge < -0.3 is 4.90 Å². The molecule has 0 saturated carbocycles. The van der Waals surface area contributed by atoms with Crippen molar-refractivity contribution in [2.24, 2.45) is 0 Å². The summed E-state index contributed by atoms with van der Waals surface area (Å²) in [6.45, 7) is 0. The fraction of sp³-hybridized carbons (Fsp3) is 0.0667. The lowest BCUT2D eigenvalue weighted by atomic mass is 10.1. The van der Waals surface area contributed by atoms with E-state index in [0.717, 1.165) is 0 Å². The molecule has 0 unspecified atom stereocenters. The molecule has 0 spiro atoms. The monoisotopic (exact) mass is 270 g/mol. The van der Waals surface area contributed by atoms with Crippen molar-refractivity contribution < 1.29 is 4.79 Å². The van der Waals surface area contributed by atoms with Crippen molar-refractivity contribution in [3.05, 3.63) is 64.7 Å². The summed E-state index contributed by atoms with van der Waals surface area (Å²) in [5.74, 6) is -0.147. The smallest absolute Gasteiger partial charge is 0.258 e. The summed E-state index contributed by atoms with van der Waals surface area (Å²) in [7, 11) is 1.67. The van der Waals surface area contributed by atoms with Crippen molar-refractivity contribution in [1.82, 2.24) is 0 Å². The van der Waals surface area contributed by atoms with Crippen LogP contribution in [0, 0.1) is 11.3 Å². The number of anilines is 1. The quantitative estimate of drug-likeness (QED) is 0.838. The molecule has 0 saturated heterocycles. The standard InChI is InChI=1S/C15H11ClN2O/c1-18(14-4-2-3-11(9-14)10-17)15(19)12-5-7-13(16)8-6-12/h2-9H,1H3. The van der Waals surface area contributed by atoms with Gasteiger partial charge in [0.1, 0.15) is 0 Å². The Hall–Kier alpha value is -2.31. The van der Waals surface area contributed by atoms with Crippen LogP contribution in [0.25, 0.3) is 0 Å². The van der Waals surface area contributed by atoms with Gasteiger partial charge in [0.05, 0.1) is 11.6 Å². The molecule has 0 bridgehead atoms. The average molecular weight is 271 g/mol. The normalized spacial score (nSPS) is 9.74. The van der Waals surface area contributed by atoms with E-state index in [-0.39, 0.29) is 5.91 Å². The Labute approximate surface area is 116 Å². The van der Waals surface area contributed by atoms with Crippen LogP contribution in [-0.2, 0) is 0 Å². The van der Waals surface area contributed by atoms with E-state index in [1.807, 2.05) is 0 Å². The summed E-state index contributed by atoms with van der Waals surface area (Å²) in [6, 6.07) is 15.7. The Morgan fingerprint density at radius 1 is 1.21 bits per heavy atom. The predicted octanol–water partition coefficient (Wildman–Crippen LogP) is 3.49. The van der Waals surface area contributed by atoms with Crippen molar-refractivity contribution in [2.75, 3.05) is 11.9 Å². The van der Waals surface area contributed by atoms with Gasteiger partial charge in [-0.1, -0.05) is 17.7 Å².